The van der Waals surface area contributed by atoms with E-state index in [1.807, 2.05) is 42.5 Å². The molecule has 0 saturated carbocycles. The van der Waals surface area contributed by atoms with Crippen LogP contribution in [0.5, 0.6) is 0 Å². The van der Waals surface area contributed by atoms with Gasteiger partial charge in [0.2, 0.25) is 10.0 Å². The number of pyridine rings is 1. The van der Waals surface area contributed by atoms with E-state index in [1.165, 1.54) is 0 Å². The van der Waals surface area contributed by atoms with Gasteiger partial charge < -0.3 is 0 Å². The maximum Gasteiger partial charge on any atom is 0.247 e. The van der Waals surface area contributed by atoms with E-state index >= 15 is 0 Å². The molecule has 4 rings (SSSR count). The van der Waals surface area contributed by atoms with Gasteiger partial charge in [-0.05, 0) is 43.5 Å². The average Bonchev–Trinajstić information content (AvgIpc) is 3.12. The summed E-state index contributed by atoms with van der Waals surface area (Å²) in [5, 5.41) is 4.44. The summed E-state index contributed by atoms with van der Waals surface area (Å²) in [6.07, 6.45) is 7.76. The number of hydrogen-bond acceptors (Lipinski definition) is 4. The Kier molecular flexibility index (Phi) is 4.80. The minimum Gasteiger partial charge on any atom is -0.264 e. The number of benzene rings is 1. The van der Waals surface area contributed by atoms with E-state index < -0.39 is 10.0 Å². The molecule has 1 aliphatic heterocycles. The smallest absolute Gasteiger partial charge is 0.247 e. The second kappa shape index (κ2) is 7.25. The van der Waals surface area contributed by atoms with Gasteiger partial charge >= 0.3 is 0 Å². The fourth-order valence-electron chi connectivity index (χ4n) is 3.64. The van der Waals surface area contributed by atoms with E-state index in [0.29, 0.717) is 12.2 Å². The van der Waals surface area contributed by atoms with Crippen molar-refractivity contribution in [3.05, 3.63) is 72.3 Å². The zero-order valence-electron chi connectivity index (χ0n) is 15.2. The summed E-state index contributed by atoms with van der Waals surface area (Å²) in [4.78, 5) is 4.44. The Bertz CT molecular complexity index is 1020. The number of aryl methyl sites for hydroxylation is 1. The summed E-state index contributed by atoms with van der Waals surface area (Å²) in [5.74, 6) is 0. The topological polar surface area (TPSA) is 68.1 Å². The molecule has 6 nitrogen and oxygen atoms in total. The molecule has 1 unspecified atom stereocenters. The molecule has 2 aromatic heterocycles. The second-order valence-corrected chi connectivity index (χ2v) is 8.63. The van der Waals surface area contributed by atoms with Crippen molar-refractivity contribution in [1.29, 1.82) is 0 Å². The summed E-state index contributed by atoms with van der Waals surface area (Å²) in [5.41, 5.74) is 2.28. The molecule has 1 atom stereocenters. The van der Waals surface area contributed by atoms with Crippen LogP contribution < -0.4 is 0 Å². The highest BCUT2D eigenvalue weighted by Gasteiger charge is 2.36. The monoisotopic (exact) mass is 382 g/mol. The average molecular weight is 382 g/mol. The molecular weight excluding hydrogens is 360 g/mol. The van der Waals surface area contributed by atoms with Crippen LogP contribution in [-0.2, 0) is 10.0 Å². The van der Waals surface area contributed by atoms with Crippen LogP contribution in [0.2, 0.25) is 0 Å². The Hall–Kier alpha value is -2.51. The quantitative estimate of drug-likeness (QED) is 0.693. The molecule has 0 amide bonds. The number of piperidine rings is 1. The fourth-order valence-corrected chi connectivity index (χ4v) is 5.47. The first-order valence-electron chi connectivity index (χ1n) is 9.11. The molecule has 0 aliphatic carbocycles. The van der Waals surface area contributed by atoms with E-state index in [9.17, 15) is 8.42 Å². The van der Waals surface area contributed by atoms with Crippen molar-refractivity contribution in [2.24, 2.45) is 0 Å². The van der Waals surface area contributed by atoms with Gasteiger partial charge in [0, 0.05) is 18.9 Å². The van der Waals surface area contributed by atoms with Gasteiger partial charge in [-0.3, -0.25) is 4.98 Å². The number of aromatic nitrogens is 3. The lowest BCUT2D eigenvalue weighted by Crippen LogP contribution is -2.38. The predicted molar refractivity (Wildman–Crippen MR) is 103 cm³/mol. The van der Waals surface area contributed by atoms with Crippen LogP contribution in [0.3, 0.4) is 0 Å². The van der Waals surface area contributed by atoms with Gasteiger partial charge in [0.15, 0.2) is 0 Å². The Morgan fingerprint density at radius 1 is 1.07 bits per heavy atom. The van der Waals surface area contributed by atoms with Gasteiger partial charge in [-0.2, -0.15) is 9.40 Å². The van der Waals surface area contributed by atoms with Gasteiger partial charge in [-0.1, -0.05) is 30.7 Å². The molecule has 0 spiro atoms. The summed E-state index contributed by atoms with van der Waals surface area (Å²) < 4.78 is 30.2. The molecule has 140 valence electrons. The van der Waals surface area contributed by atoms with E-state index in [2.05, 4.69) is 10.1 Å². The predicted octanol–water partition coefficient (Wildman–Crippen LogP) is 3.49. The molecule has 1 aliphatic rings. The van der Waals surface area contributed by atoms with Crippen LogP contribution in [0.15, 0.2) is 66.0 Å². The Balaban J connectivity index is 1.73. The summed E-state index contributed by atoms with van der Waals surface area (Å²) in [6, 6.07) is 13.2. The molecule has 7 heteroatoms. The minimum absolute atomic E-state index is 0.183. The Morgan fingerprint density at radius 2 is 1.89 bits per heavy atom. The molecule has 1 fully saturated rings. The van der Waals surface area contributed by atoms with Crippen molar-refractivity contribution in [3.63, 3.8) is 0 Å². The van der Waals surface area contributed by atoms with Gasteiger partial charge in [0.05, 0.1) is 23.6 Å². The minimum atomic E-state index is -3.65. The van der Waals surface area contributed by atoms with Crippen molar-refractivity contribution >= 4 is 10.0 Å². The first kappa shape index (κ1) is 17.9. The maximum absolute atomic E-state index is 13.5. The van der Waals surface area contributed by atoms with Crippen LogP contribution in [0.4, 0.5) is 0 Å². The van der Waals surface area contributed by atoms with Crippen molar-refractivity contribution in [3.8, 4) is 5.69 Å². The molecule has 0 N–H and O–H groups in total. The summed E-state index contributed by atoms with van der Waals surface area (Å²) in [7, 11) is -3.65. The molecule has 1 aromatic carbocycles. The molecule has 27 heavy (non-hydrogen) atoms. The Morgan fingerprint density at radius 3 is 2.63 bits per heavy atom. The molecule has 3 aromatic rings. The lowest BCUT2D eigenvalue weighted by Gasteiger charge is -2.34. The fraction of sp³-hybridized carbons (Fsp3) is 0.300. The maximum atomic E-state index is 13.5. The highest BCUT2D eigenvalue weighted by atomic mass is 32.2. The number of hydrogen-bond donors (Lipinski definition) is 0. The first-order chi connectivity index (χ1) is 13.1. The zero-order valence-corrected chi connectivity index (χ0v) is 16.0. The van der Waals surface area contributed by atoms with Gasteiger partial charge in [-0.15, -0.1) is 0 Å². The number of sulfonamides is 1. The van der Waals surface area contributed by atoms with Crippen LogP contribution in [-0.4, -0.2) is 34.0 Å². The number of nitrogens with zero attached hydrogens (tertiary/aromatic N) is 4. The van der Waals surface area contributed by atoms with Crippen LogP contribution in [0, 0.1) is 6.92 Å². The SMILES string of the molecule is Cc1nn(-c2ccccc2)cc1S(=O)(=O)N1CCCCC1c1cccnc1. The highest BCUT2D eigenvalue weighted by Crippen LogP contribution is 2.35. The standard InChI is InChI=1S/C20H22N4O2S/c1-16-20(15-23(22-16)18-9-3-2-4-10-18)27(25,26)24-13-6-5-11-19(24)17-8-7-12-21-14-17/h2-4,7-10,12,14-15,19H,5-6,11,13H2,1H3. The van der Waals surface area contributed by atoms with E-state index in [-0.39, 0.29) is 10.9 Å². The second-order valence-electron chi connectivity index (χ2n) is 6.77. The zero-order chi connectivity index (χ0) is 18.9. The molecule has 1 saturated heterocycles. The lowest BCUT2D eigenvalue weighted by atomic mass is 9.99. The van der Waals surface area contributed by atoms with Crippen LogP contribution in [0.1, 0.15) is 36.6 Å². The van der Waals surface area contributed by atoms with Crippen LogP contribution >= 0.6 is 0 Å². The summed E-state index contributed by atoms with van der Waals surface area (Å²) in [6.45, 7) is 2.26. The summed E-state index contributed by atoms with van der Waals surface area (Å²) >= 11 is 0. The van der Waals surface area contributed by atoms with E-state index in [4.69, 9.17) is 0 Å². The molecule has 0 radical (unpaired) electrons. The Labute approximate surface area is 159 Å². The normalized spacial score (nSPS) is 18.5. The van der Waals surface area contributed by atoms with Crippen LogP contribution in [0.25, 0.3) is 5.69 Å². The highest BCUT2D eigenvalue weighted by molar-refractivity contribution is 7.89. The third-order valence-electron chi connectivity index (χ3n) is 4.98. The van der Waals surface area contributed by atoms with Crippen molar-refractivity contribution < 1.29 is 8.42 Å². The van der Waals surface area contributed by atoms with Gasteiger partial charge in [0.1, 0.15) is 4.90 Å². The first-order valence-corrected chi connectivity index (χ1v) is 10.5. The van der Waals surface area contributed by atoms with Crippen molar-refractivity contribution in [2.75, 3.05) is 6.54 Å². The van der Waals surface area contributed by atoms with E-state index in [0.717, 1.165) is 30.5 Å². The number of rotatable bonds is 4. The molecule has 3 heterocycles. The lowest BCUT2D eigenvalue weighted by molar-refractivity contribution is 0.255. The largest absolute Gasteiger partial charge is 0.264 e. The van der Waals surface area contributed by atoms with Crippen molar-refractivity contribution in [1.82, 2.24) is 19.1 Å². The molecule has 0 bridgehead atoms. The number of para-hydroxylation sites is 1. The van der Waals surface area contributed by atoms with Gasteiger partial charge in [-0.25, -0.2) is 13.1 Å². The van der Waals surface area contributed by atoms with Gasteiger partial charge in [0.25, 0.3) is 0 Å². The third kappa shape index (κ3) is 3.40. The van der Waals surface area contributed by atoms with Crippen molar-refractivity contribution in [2.45, 2.75) is 37.1 Å². The third-order valence-corrected chi connectivity index (χ3v) is 7.00. The molecular formula is C20H22N4O2S. The van der Waals surface area contributed by atoms with E-state index in [1.54, 1.807) is 34.5 Å².